The molecule has 15 heavy (non-hydrogen) atoms. The average molecular weight is 210 g/mol. The van der Waals surface area contributed by atoms with Gasteiger partial charge in [-0.3, -0.25) is 0 Å². The Morgan fingerprint density at radius 3 is 2.87 bits per heavy atom. The van der Waals surface area contributed by atoms with Crippen LogP contribution in [0.15, 0.2) is 10.7 Å². The highest BCUT2D eigenvalue weighted by Gasteiger charge is 2.12. The third kappa shape index (κ3) is 2.79. The van der Waals surface area contributed by atoms with Gasteiger partial charge in [-0.05, 0) is 25.9 Å². The monoisotopic (exact) mass is 210 g/mol. The standard InChI is InChI=1S/C11H18N2O2/c14-9-10-8-12-15-11(10)4-7-13-5-2-1-3-6-13/h8,14H,1-7,9H2. The Balaban J connectivity index is 1.81. The van der Waals surface area contributed by atoms with Gasteiger partial charge in [0.1, 0.15) is 5.76 Å². The summed E-state index contributed by atoms with van der Waals surface area (Å²) in [5, 5.41) is 12.7. The minimum atomic E-state index is 0.0266. The summed E-state index contributed by atoms with van der Waals surface area (Å²) >= 11 is 0. The Kier molecular flexibility index (Phi) is 3.75. The second kappa shape index (κ2) is 5.28. The summed E-state index contributed by atoms with van der Waals surface area (Å²) in [4.78, 5) is 2.45. The van der Waals surface area contributed by atoms with Crippen LogP contribution in [0.5, 0.6) is 0 Å². The summed E-state index contributed by atoms with van der Waals surface area (Å²) in [6, 6.07) is 0. The van der Waals surface area contributed by atoms with Crippen LogP contribution in [0.2, 0.25) is 0 Å². The van der Waals surface area contributed by atoms with E-state index < -0.39 is 0 Å². The van der Waals surface area contributed by atoms with Gasteiger partial charge in [-0.2, -0.15) is 0 Å². The third-order valence-electron chi connectivity index (χ3n) is 3.00. The topological polar surface area (TPSA) is 49.5 Å². The minimum Gasteiger partial charge on any atom is -0.391 e. The fraction of sp³-hybridized carbons (Fsp3) is 0.727. The molecule has 0 atom stereocenters. The number of nitrogens with zero attached hydrogens (tertiary/aromatic N) is 2. The van der Waals surface area contributed by atoms with Gasteiger partial charge < -0.3 is 14.5 Å². The van der Waals surface area contributed by atoms with Gasteiger partial charge in [-0.1, -0.05) is 11.6 Å². The summed E-state index contributed by atoms with van der Waals surface area (Å²) in [7, 11) is 0. The Labute approximate surface area is 89.9 Å². The number of rotatable bonds is 4. The molecule has 1 aliphatic rings. The highest BCUT2D eigenvalue weighted by atomic mass is 16.5. The van der Waals surface area contributed by atoms with E-state index in [4.69, 9.17) is 9.63 Å². The Bertz CT molecular complexity index is 293. The molecule has 1 aromatic rings. The van der Waals surface area contributed by atoms with Gasteiger partial charge in [0.25, 0.3) is 0 Å². The van der Waals surface area contributed by atoms with Crippen LogP contribution in [-0.4, -0.2) is 34.8 Å². The molecule has 4 nitrogen and oxygen atoms in total. The number of likely N-dealkylation sites (tertiary alicyclic amines) is 1. The Hall–Kier alpha value is -0.870. The first-order valence-electron chi connectivity index (χ1n) is 5.66. The van der Waals surface area contributed by atoms with Gasteiger partial charge in [0.2, 0.25) is 0 Å². The number of piperidine rings is 1. The maximum atomic E-state index is 9.03. The number of aliphatic hydroxyl groups excluding tert-OH is 1. The van der Waals surface area contributed by atoms with Crippen molar-refractivity contribution < 1.29 is 9.63 Å². The molecule has 4 heteroatoms. The highest BCUT2D eigenvalue weighted by molar-refractivity contribution is 5.12. The molecule has 1 aliphatic heterocycles. The van der Waals surface area contributed by atoms with E-state index in [0.717, 1.165) is 24.3 Å². The highest BCUT2D eigenvalue weighted by Crippen LogP contribution is 2.12. The van der Waals surface area contributed by atoms with Crippen LogP contribution in [0.4, 0.5) is 0 Å². The number of aliphatic hydroxyl groups is 1. The van der Waals surface area contributed by atoms with Gasteiger partial charge >= 0.3 is 0 Å². The zero-order chi connectivity index (χ0) is 10.5. The zero-order valence-electron chi connectivity index (χ0n) is 8.98. The molecule has 2 rings (SSSR count). The van der Waals surface area contributed by atoms with E-state index in [0.29, 0.717) is 0 Å². The van der Waals surface area contributed by atoms with E-state index in [9.17, 15) is 0 Å². The van der Waals surface area contributed by atoms with Crippen molar-refractivity contribution >= 4 is 0 Å². The molecule has 2 heterocycles. The lowest BCUT2D eigenvalue weighted by atomic mass is 10.1. The fourth-order valence-electron chi connectivity index (χ4n) is 2.06. The fourth-order valence-corrected chi connectivity index (χ4v) is 2.06. The van der Waals surface area contributed by atoms with Crippen molar-refractivity contribution in [2.24, 2.45) is 0 Å². The summed E-state index contributed by atoms with van der Waals surface area (Å²) in [5.41, 5.74) is 0.826. The van der Waals surface area contributed by atoms with Crippen LogP contribution in [-0.2, 0) is 13.0 Å². The molecule has 0 bridgehead atoms. The predicted molar refractivity (Wildman–Crippen MR) is 56.4 cm³/mol. The molecule has 0 aromatic carbocycles. The van der Waals surface area contributed by atoms with E-state index >= 15 is 0 Å². The third-order valence-corrected chi connectivity index (χ3v) is 3.00. The Morgan fingerprint density at radius 2 is 2.13 bits per heavy atom. The number of hydrogen-bond donors (Lipinski definition) is 1. The second-order valence-electron chi connectivity index (χ2n) is 4.08. The van der Waals surface area contributed by atoms with Crippen molar-refractivity contribution in [3.8, 4) is 0 Å². The molecule has 1 aromatic heterocycles. The molecular formula is C11H18N2O2. The lowest BCUT2D eigenvalue weighted by molar-refractivity contribution is 0.222. The molecule has 0 aliphatic carbocycles. The van der Waals surface area contributed by atoms with Crippen molar-refractivity contribution in [3.05, 3.63) is 17.5 Å². The van der Waals surface area contributed by atoms with E-state index in [1.807, 2.05) is 0 Å². The van der Waals surface area contributed by atoms with E-state index in [1.165, 1.54) is 32.4 Å². The smallest absolute Gasteiger partial charge is 0.143 e. The van der Waals surface area contributed by atoms with Crippen molar-refractivity contribution in [2.75, 3.05) is 19.6 Å². The number of aromatic nitrogens is 1. The SMILES string of the molecule is OCc1cnoc1CCN1CCCCC1. The molecule has 1 saturated heterocycles. The lowest BCUT2D eigenvalue weighted by Gasteiger charge is -2.25. The van der Waals surface area contributed by atoms with Crippen LogP contribution in [0, 0.1) is 0 Å². The van der Waals surface area contributed by atoms with Crippen molar-refractivity contribution in [1.29, 1.82) is 0 Å². The van der Waals surface area contributed by atoms with Crippen molar-refractivity contribution in [3.63, 3.8) is 0 Å². The summed E-state index contributed by atoms with van der Waals surface area (Å²) < 4.78 is 5.11. The van der Waals surface area contributed by atoms with Gasteiger partial charge in [0.05, 0.1) is 12.8 Å². The quantitative estimate of drug-likeness (QED) is 0.811. The minimum absolute atomic E-state index is 0.0266. The Morgan fingerprint density at radius 1 is 1.33 bits per heavy atom. The van der Waals surface area contributed by atoms with Crippen LogP contribution < -0.4 is 0 Å². The molecular weight excluding hydrogens is 192 g/mol. The molecule has 1 N–H and O–H groups in total. The van der Waals surface area contributed by atoms with Crippen LogP contribution in [0.25, 0.3) is 0 Å². The van der Waals surface area contributed by atoms with E-state index in [2.05, 4.69) is 10.1 Å². The molecule has 0 spiro atoms. The predicted octanol–water partition coefficient (Wildman–Crippen LogP) is 1.20. The average Bonchev–Trinajstić information content (AvgIpc) is 2.75. The normalized spacial score (nSPS) is 18.2. The first-order chi connectivity index (χ1) is 7.40. The van der Waals surface area contributed by atoms with E-state index in [-0.39, 0.29) is 6.61 Å². The molecule has 84 valence electrons. The van der Waals surface area contributed by atoms with Gasteiger partial charge in [0, 0.05) is 18.5 Å². The van der Waals surface area contributed by atoms with Crippen LogP contribution in [0.3, 0.4) is 0 Å². The summed E-state index contributed by atoms with van der Waals surface area (Å²) in [6.45, 7) is 3.44. The largest absolute Gasteiger partial charge is 0.391 e. The zero-order valence-corrected chi connectivity index (χ0v) is 8.98. The second-order valence-corrected chi connectivity index (χ2v) is 4.08. The maximum Gasteiger partial charge on any atom is 0.143 e. The summed E-state index contributed by atoms with van der Waals surface area (Å²) in [5.74, 6) is 0.836. The first-order valence-corrected chi connectivity index (χ1v) is 5.66. The van der Waals surface area contributed by atoms with Gasteiger partial charge in [-0.25, -0.2) is 0 Å². The lowest BCUT2D eigenvalue weighted by Crippen LogP contribution is -2.31. The van der Waals surface area contributed by atoms with Crippen LogP contribution in [0.1, 0.15) is 30.6 Å². The van der Waals surface area contributed by atoms with Gasteiger partial charge in [-0.15, -0.1) is 0 Å². The number of hydrogen-bond acceptors (Lipinski definition) is 4. The van der Waals surface area contributed by atoms with Crippen molar-refractivity contribution in [1.82, 2.24) is 10.1 Å². The maximum absolute atomic E-state index is 9.03. The molecule has 0 unspecified atom stereocenters. The molecule has 0 saturated carbocycles. The molecule has 0 amide bonds. The van der Waals surface area contributed by atoms with Crippen LogP contribution >= 0.6 is 0 Å². The molecule has 1 fully saturated rings. The van der Waals surface area contributed by atoms with E-state index in [1.54, 1.807) is 6.20 Å². The molecule has 0 radical (unpaired) electrons. The van der Waals surface area contributed by atoms with Crippen molar-refractivity contribution in [2.45, 2.75) is 32.3 Å². The summed E-state index contributed by atoms with van der Waals surface area (Å²) in [6.07, 6.45) is 6.44. The first kappa shape index (κ1) is 10.6. The van der Waals surface area contributed by atoms with Gasteiger partial charge in [0.15, 0.2) is 0 Å².